The maximum absolute atomic E-state index is 14.3. The van der Waals surface area contributed by atoms with Gasteiger partial charge in [-0.25, -0.2) is 9.78 Å². The lowest BCUT2D eigenvalue weighted by molar-refractivity contribution is -0.139. The van der Waals surface area contributed by atoms with Crippen molar-refractivity contribution in [3.63, 3.8) is 0 Å². The van der Waals surface area contributed by atoms with E-state index in [1.807, 2.05) is 32.9 Å². The maximum atomic E-state index is 14.3. The van der Waals surface area contributed by atoms with Crippen LogP contribution in [0.4, 0.5) is 4.79 Å². The average Bonchev–Trinajstić information content (AvgIpc) is 3.89. The van der Waals surface area contributed by atoms with E-state index in [1.54, 1.807) is 30.0 Å². The number of likely N-dealkylation sites (tertiary alicyclic amines) is 2. The molecule has 57 heavy (non-hydrogen) atoms. The molecule has 314 valence electrons. The number of hydrogen-bond acceptors (Lipinski definition) is 9. The number of aromatic nitrogens is 1. The molecular weight excluding hydrogens is 745 g/mol. The first kappa shape index (κ1) is 43.9. The largest absolute Gasteiger partial charge is 0.496 e. The van der Waals surface area contributed by atoms with Gasteiger partial charge in [-0.1, -0.05) is 45.8 Å². The van der Waals surface area contributed by atoms with Crippen LogP contribution in [-0.2, 0) is 14.4 Å². The molecule has 0 radical (unpaired) electrons. The molecule has 13 nitrogen and oxygen atoms in total. The third-order valence-corrected chi connectivity index (χ3v) is 12.0. The molecule has 5 rings (SSSR count). The summed E-state index contributed by atoms with van der Waals surface area (Å²) < 4.78 is 21.1. The SMILES string of the molecule is CC[C@H](CC/C=C\CCCCC[C@H](NC(=O)N1CC(C)(C)C1)C(=O)N1C[C@H](Oc2cc(OC(C)C)nc3c(C)c(OC)ccc23)C[C@H]1C(N)=O)C(=O)NSC1CC1. The number of hydrogen-bond donors (Lipinski definition) is 3. The van der Waals surface area contributed by atoms with Gasteiger partial charge in [-0.15, -0.1) is 0 Å². The van der Waals surface area contributed by atoms with E-state index in [2.05, 4.69) is 43.0 Å². The molecule has 4 atom stereocenters. The van der Waals surface area contributed by atoms with E-state index < -0.39 is 24.1 Å². The van der Waals surface area contributed by atoms with Crippen LogP contribution in [-0.4, -0.2) is 94.8 Å². The molecule has 1 aliphatic carbocycles. The van der Waals surface area contributed by atoms with Gasteiger partial charge in [0.25, 0.3) is 0 Å². The van der Waals surface area contributed by atoms with Gasteiger partial charge in [-0.05, 0) is 96.2 Å². The van der Waals surface area contributed by atoms with Gasteiger partial charge in [-0.3, -0.25) is 19.1 Å². The van der Waals surface area contributed by atoms with Crippen molar-refractivity contribution in [1.29, 1.82) is 0 Å². The number of methoxy groups -OCH3 is 1. The van der Waals surface area contributed by atoms with E-state index in [1.165, 1.54) is 17.7 Å². The summed E-state index contributed by atoms with van der Waals surface area (Å²) in [5.41, 5.74) is 7.44. The minimum absolute atomic E-state index is 0.0286. The number of amides is 5. The molecule has 0 bridgehead atoms. The summed E-state index contributed by atoms with van der Waals surface area (Å²) >= 11 is 1.57. The second-order valence-corrected chi connectivity index (χ2v) is 18.0. The lowest BCUT2D eigenvalue weighted by Gasteiger charge is -2.46. The molecule has 1 aromatic heterocycles. The predicted molar refractivity (Wildman–Crippen MR) is 224 cm³/mol. The zero-order valence-corrected chi connectivity index (χ0v) is 35.8. The summed E-state index contributed by atoms with van der Waals surface area (Å²) in [4.78, 5) is 61.0. The van der Waals surface area contributed by atoms with Crippen molar-refractivity contribution in [2.45, 2.75) is 142 Å². The molecule has 5 amide bonds. The third kappa shape index (κ3) is 12.2. The van der Waals surface area contributed by atoms with E-state index in [0.717, 1.165) is 49.5 Å². The standard InChI is InChI=1S/C43H64N6O7S/c1-8-29(40(51)47-57-31-18-19-31)16-14-12-10-9-11-13-15-17-33(45-42(53)48-25-43(5,6)26-48)41(52)49-24-30(22-34(49)39(44)50)56-36-23-37(55-27(2)3)46-38-28(4)35(54-7)21-20-32(36)38/h10,12,20-21,23,27,29-31,33-34H,8-9,11,13-19,22,24-26H2,1-7H3,(H2,44,50)(H,45,53)(H,47,51)/b12-10-/t29-,30-,33+,34+/m1/s1. The fourth-order valence-corrected chi connectivity index (χ4v) is 8.45. The Kier molecular flexibility index (Phi) is 15.4. The molecule has 2 aromatic rings. The molecule has 3 aliphatic rings. The Morgan fingerprint density at radius 1 is 1.05 bits per heavy atom. The molecule has 2 saturated heterocycles. The fourth-order valence-electron chi connectivity index (χ4n) is 7.63. The molecule has 14 heteroatoms. The van der Waals surface area contributed by atoms with Gasteiger partial charge in [0.05, 0.1) is 25.3 Å². The number of allylic oxidation sites excluding steroid dienone is 2. The van der Waals surface area contributed by atoms with Crippen molar-refractivity contribution in [3.05, 3.63) is 35.9 Å². The zero-order valence-electron chi connectivity index (χ0n) is 34.9. The molecule has 1 saturated carbocycles. The van der Waals surface area contributed by atoms with Crippen molar-refractivity contribution in [1.82, 2.24) is 24.8 Å². The number of rotatable bonds is 21. The summed E-state index contributed by atoms with van der Waals surface area (Å²) in [5.74, 6) is 0.793. The van der Waals surface area contributed by atoms with Gasteiger partial charge in [-0.2, -0.15) is 0 Å². The van der Waals surface area contributed by atoms with Crippen molar-refractivity contribution in [2.24, 2.45) is 17.1 Å². The Morgan fingerprint density at radius 2 is 1.79 bits per heavy atom. The van der Waals surface area contributed by atoms with Crippen LogP contribution in [0, 0.1) is 18.3 Å². The molecule has 3 heterocycles. The van der Waals surface area contributed by atoms with Crippen LogP contribution >= 0.6 is 11.9 Å². The molecule has 2 aliphatic heterocycles. The van der Waals surface area contributed by atoms with E-state index in [4.69, 9.17) is 24.9 Å². The highest BCUT2D eigenvalue weighted by atomic mass is 32.2. The average molecular weight is 809 g/mol. The number of unbranched alkanes of at least 4 members (excludes halogenated alkanes) is 3. The van der Waals surface area contributed by atoms with E-state index >= 15 is 0 Å². The number of pyridine rings is 1. The number of nitrogens with two attached hydrogens (primary N) is 1. The Hall–Kier alpha value is -4.20. The second-order valence-electron chi connectivity index (χ2n) is 16.9. The molecule has 1 aromatic carbocycles. The van der Waals surface area contributed by atoms with Gasteiger partial charge in [0, 0.05) is 53.1 Å². The van der Waals surface area contributed by atoms with Crippen LogP contribution in [0.2, 0.25) is 0 Å². The van der Waals surface area contributed by atoms with Crippen LogP contribution in [0.15, 0.2) is 30.4 Å². The molecule has 3 fully saturated rings. The first-order chi connectivity index (χ1) is 27.2. The highest BCUT2D eigenvalue weighted by Crippen LogP contribution is 2.37. The lowest BCUT2D eigenvalue weighted by Crippen LogP contribution is -2.61. The lowest BCUT2D eigenvalue weighted by atomic mass is 9.85. The van der Waals surface area contributed by atoms with Crippen molar-refractivity contribution in [3.8, 4) is 17.4 Å². The van der Waals surface area contributed by atoms with Gasteiger partial charge < -0.3 is 35.1 Å². The number of carbonyl (C=O) groups is 4. The van der Waals surface area contributed by atoms with Crippen LogP contribution in [0.1, 0.15) is 111 Å². The topological polar surface area (TPSA) is 165 Å². The number of benzene rings is 1. The van der Waals surface area contributed by atoms with Crippen molar-refractivity contribution < 1.29 is 33.4 Å². The number of fused-ring (bicyclic) bond motifs is 1. The number of aryl methyl sites for hydroxylation is 1. The predicted octanol–water partition coefficient (Wildman–Crippen LogP) is 6.83. The highest BCUT2D eigenvalue weighted by molar-refractivity contribution is 7.98. The summed E-state index contributed by atoms with van der Waals surface area (Å²) in [6.45, 7) is 13.4. The number of ether oxygens (including phenoxy) is 3. The molecule has 0 spiro atoms. The quantitative estimate of drug-likeness (QED) is 0.0697. The van der Waals surface area contributed by atoms with Crippen LogP contribution < -0.4 is 30.0 Å². The third-order valence-electron chi connectivity index (χ3n) is 10.9. The maximum Gasteiger partial charge on any atom is 0.318 e. The van der Waals surface area contributed by atoms with Crippen LogP contribution in [0.5, 0.6) is 17.4 Å². The molecule has 0 unspecified atom stereocenters. The zero-order chi connectivity index (χ0) is 41.3. The Balaban J connectivity index is 1.21. The monoisotopic (exact) mass is 808 g/mol. The highest BCUT2D eigenvalue weighted by Gasteiger charge is 2.44. The molecule has 4 N–H and O–H groups in total. The first-order valence-electron chi connectivity index (χ1n) is 20.8. The Morgan fingerprint density at radius 3 is 2.44 bits per heavy atom. The smallest absolute Gasteiger partial charge is 0.318 e. The second kappa shape index (κ2) is 20.0. The number of primary amides is 1. The minimum Gasteiger partial charge on any atom is -0.496 e. The van der Waals surface area contributed by atoms with Crippen molar-refractivity contribution >= 4 is 46.6 Å². The normalized spacial score (nSPS) is 20.0. The fraction of sp³-hybridized carbons (Fsp3) is 0.651. The van der Waals surface area contributed by atoms with E-state index in [9.17, 15) is 19.2 Å². The number of urea groups is 1. The van der Waals surface area contributed by atoms with Gasteiger partial charge >= 0.3 is 6.03 Å². The number of nitrogens with zero attached hydrogens (tertiary/aromatic N) is 3. The van der Waals surface area contributed by atoms with Crippen molar-refractivity contribution in [2.75, 3.05) is 26.7 Å². The molecular formula is C43H64N6O7S. The summed E-state index contributed by atoms with van der Waals surface area (Å²) in [5, 5.41) is 4.35. The first-order valence-corrected chi connectivity index (χ1v) is 21.6. The summed E-state index contributed by atoms with van der Waals surface area (Å²) in [6.07, 6.45) is 12.6. The Labute approximate surface area is 342 Å². The van der Waals surface area contributed by atoms with Crippen LogP contribution in [0.25, 0.3) is 10.9 Å². The van der Waals surface area contributed by atoms with E-state index in [-0.39, 0.29) is 48.2 Å². The summed E-state index contributed by atoms with van der Waals surface area (Å²) in [7, 11) is 1.61. The summed E-state index contributed by atoms with van der Waals surface area (Å²) in [6, 6.07) is 3.47. The Bertz CT molecular complexity index is 1760. The number of carbonyl (C=O) groups excluding carboxylic acids is 4. The van der Waals surface area contributed by atoms with Crippen LogP contribution in [0.3, 0.4) is 0 Å². The number of nitrogens with one attached hydrogen (secondary N) is 2. The minimum atomic E-state index is -0.897. The van der Waals surface area contributed by atoms with Gasteiger partial charge in [0.2, 0.25) is 23.6 Å². The van der Waals surface area contributed by atoms with E-state index in [0.29, 0.717) is 54.1 Å². The van der Waals surface area contributed by atoms with Gasteiger partial charge in [0.15, 0.2) is 0 Å². The van der Waals surface area contributed by atoms with Gasteiger partial charge in [0.1, 0.15) is 29.7 Å².